The fraction of sp³-hybridized carbons (Fsp3) is 0.286. The van der Waals surface area contributed by atoms with Gasteiger partial charge in [0.1, 0.15) is 11.4 Å². The molecule has 0 aliphatic heterocycles. The summed E-state index contributed by atoms with van der Waals surface area (Å²) >= 11 is 0. The Morgan fingerprint density at radius 2 is 1.43 bits per heavy atom. The second-order valence-corrected chi connectivity index (χ2v) is 12.0. The van der Waals surface area contributed by atoms with Crippen LogP contribution in [0.15, 0.2) is 60.7 Å². The highest BCUT2D eigenvalue weighted by Crippen LogP contribution is 2.27. The van der Waals surface area contributed by atoms with Crippen molar-refractivity contribution in [1.82, 2.24) is 34.4 Å². The van der Waals surface area contributed by atoms with E-state index in [2.05, 4.69) is 25.8 Å². The van der Waals surface area contributed by atoms with Crippen LogP contribution in [-0.2, 0) is 19.6 Å². The number of aromatic nitrogens is 6. The number of nitrogens with two attached hydrogens (primary N) is 3. The largest absolute Gasteiger partial charge is 0.397 e. The molecule has 0 spiro atoms. The first-order valence-corrected chi connectivity index (χ1v) is 16.4. The highest BCUT2D eigenvalue weighted by atomic mass is 16.2. The van der Waals surface area contributed by atoms with Gasteiger partial charge in [-0.25, -0.2) is 4.98 Å². The molecule has 0 saturated heterocycles. The molecule has 16 heteroatoms. The molecule has 51 heavy (non-hydrogen) atoms. The lowest BCUT2D eigenvalue weighted by Crippen LogP contribution is -2.47. The fourth-order valence-electron chi connectivity index (χ4n) is 5.81. The summed E-state index contributed by atoms with van der Waals surface area (Å²) in [5, 5.41) is 14.7. The summed E-state index contributed by atoms with van der Waals surface area (Å²) in [4.78, 5) is 57.0. The first-order valence-electron chi connectivity index (χ1n) is 16.4. The van der Waals surface area contributed by atoms with Gasteiger partial charge in [-0.05, 0) is 83.1 Å². The second kappa shape index (κ2) is 15.0. The minimum absolute atomic E-state index is 0.254. The summed E-state index contributed by atoms with van der Waals surface area (Å²) in [5.41, 5.74) is 22.2. The zero-order chi connectivity index (χ0) is 37.0. The number of imidazole rings is 1. The van der Waals surface area contributed by atoms with Crippen molar-refractivity contribution >= 4 is 52.0 Å². The fourth-order valence-corrected chi connectivity index (χ4v) is 5.81. The Bertz CT molecular complexity index is 2160. The Balaban J connectivity index is 1.44. The van der Waals surface area contributed by atoms with Crippen molar-refractivity contribution in [2.75, 3.05) is 22.5 Å². The number of aryl methyl sites for hydroxylation is 4. The van der Waals surface area contributed by atoms with E-state index in [0.29, 0.717) is 52.6 Å². The molecule has 266 valence electrons. The smallest absolute Gasteiger partial charge is 0.276 e. The van der Waals surface area contributed by atoms with E-state index in [1.807, 2.05) is 51.7 Å². The third-order valence-corrected chi connectivity index (χ3v) is 8.31. The molecule has 5 rings (SSSR count). The van der Waals surface area contributed by atoms with Crippen molar-refractivity contribution in [3.05, 3.63) is 94.6 Å². The first kappa shape index (κ1) is 35.8. The molecule has 0 aliphatic rings. The van der Waals surface area contributed by atoms with Gasteiger partial charge in [0.15, 0.2) is 0 Å². The van der Waals surface area contributed by atoms with Gasteiger partial charge in [-0.15, -0.1) is 0 Å². The minimum atomic E-state index is -0.614. The highest BCUT2D eigenvalue weighted by molar-refractivity contribution is 6.03. The maximum atomic E-state index is 13.4. The number of primary amides is 2. The summed E-state index contributed by atoms with van der Waals surface area (Å²) in [6.07, 6.45) is 3.20. The number of allylic oxidation sites excluding steroid dienone is 1. The number of benzene rings is 2. The number of nitrogens with one attached hydrogen (secondary N) is 2. The summed E-state index contributed by atoms with van der Waals surface area (Å²) < 4.78 is 5.04. The number of carbonyl (C=O) groups is 4. The van der Waals surface area contributed by atoms with Crippen molar-refractivity contribution in [3.63, 3.8) is 0 Å². The zero-order valence-electron chi connectivity index (χ0n) is 29.2. The molecule has 1 unspecified atom stereocenters. The van der Waals surface area contributed by atoms with Crippen molar-refractivity contribution in [2.45, 2.75) is 60.4 Å². The van der Waals surface area contributed by atoms with Crippen molar-refractivity contribution < 1.29 is 19.2 Å². The van der Waals surface area contributed by atoms with E-state index >= 15 is 0 Å². The van der Waals surface area contributed by atoms with Crippen molar-refractivity contribution in [3.8, 4) is 0 Å². The minimum Gasteiger partial charge on any atom is -0.397 e. The highest BCUT2D eigenvalue weighted by Gasteiger charge is 2.22. The van der Waals surface area contributed by atoms with E-state index in [4.69, 9.17) is 17.2 Å². The molecular weight excluding hydrogens is 652 g/mol. The quantitative estimate of drug-likeness (QED) is 0.0653. The predicted molar refractivity (Wildman–Crippen MR) is 194 cm³/mol. The second-order valence-electron chi connectivity index (χ2n) is 12.0. The third kappa shape index (κ3) is 7.74. The van der Waals surface area contributed by atoms with Gasteiger partial charge < -0.3 is 32.0 Å². The Labute approximate surface area is 294 Å². The molecule has 8 N–H and O–H groups in total. The molecule has 16 nitrogen and oxygen atoms in total. The van der Waals surface area contributed by atoms with E-state index in [1.54, 1.807) is 56.4 Å². The Hall–Kier alpha value is -6.45. The summed E-state index contributed by atoms with van der Waals surface area (Å²) in [6, 6.07) is 13.1. The number of rotatable bonds is 14. The molecule has 5 aromatic rings. The Morgan fingerprint density at radius 3 is 2.02 bits per heavy atom. The van der Waals surface area contributed by atoms with Crippen LogP contribution < -0.4 is 32.7 Å². The van der Waals surface area contributed by atoms with E-state index in [0.717, 1.165) is 5.69 Å². The lowest BCUT2D eigenvalue weighted by molar-refractivity contribution is 0.0926. The molecular formula is C35H42N12O4. The molecule has 0 aliphatic carbocycles. The van der Waals surface area contributed by atoms with Crippen LogP contribution in [0.1, 0.15) is 73.9 Å². The number of hydrogen-bond donors (Lipinski definition) is 5. The number of hydrogen-bond acceptors (Lipinski definition) is 9. The topological polar surface area (TPSA) is 227 Å². The molecule has 3 aromatic heterocycles. The Kier molecular flexibility index (Phi) is 10.5. The number of anilines is 3. The lowest BCUT2D eigenvalue weighted by atomic mass is 10.1. The van der Waals surface area contributed by atoms with Crippen LogP contribution in [0.25, 0.3) is 11.0 Å². The van der Waals surface area contributed by atoms with Gasteiger partial charge >= 0.3 is 0 Å². The average Bonchev–Trinajstić information content (AvgIpc) is 3.78. The molecule has 1 atom stereocenters. The normalized spacial score (nSPS) is 11.9. The van der Waals surface area contributed by atoms with Crippen LogP contribution in [0.3, 0.4) is 0 Å². The van der Waals surface area contributed by atoms with Crippen LogP contribution in [-0.4, -0.2) is 65.5 Å². The molecule has 0 bridgehead atoms. The molecule has 2 aromatic carbocycles. The molecule has 4 amide bonds. The van der Waals surface area contributed by atoms with Crippen molar-refractivity contribution in [1.29, 1.82) is 0 Å². The predicted octanol–water partition coefficient (Wildman–Crippen LogP) is 2.96. The molecule has 0 saturated carbocycles. The third-order valence-electron chi connectivity index (χ3n) is 8.31. The van der Waals surface area contributed by atoms with Gasteiger partial charge in [0.2, 0.25) is 17.8 Å². The van der Waals surface area contributed by atoms with Crippen LogP contribution in [0.2, 0.25) is 0 Å². The SMILES string of the molecule is CCn1nc(C)cc1C(=O)Nc1nc2cc(C(N)=O)ccc2n1C/C=C/CN(c1ccc(C(N)=O)cc1N)C(C)NC(=O)c1cc(C)nn1CC. The zero-order valence-corrected chi connectivity index (χ0v) is 29.2. The molecule has 3 heterocycles. The standard InChI is InChI=1S/C35H42N12O4/c1-6-46-29(16-20(3)42-46)33(50)39-22(5)44(27-12-10-23(31(37)48)18-25(27)36)14-8-9-15-45-28-13-11-24(32(38)49)19-26(28)40-35(45)41-34(51)30-17-21(4)43-47(30)7-2/h8-13,16-19,22H,6-7,14-15,36H2,1-5H3,(H2,37,48)(H2,38,49)(H,39,50)(H,40,41,51)/b9-8+. The van der Waals surface area contributed by atoms with Crippen LogP contribution in [0, 0.1) is 13.8 Å². The van der Waals surface area contributed by atoms with Crippen LogP contribution >= 0.6 is 0 Å². The van der Waals surface area contributed by atoms with E-state index in [-0.39, 0.29) is 36.1 Å². The number of fused-ring (bicyclic) bond motifs is 1. The molecule has 0 radical (unpaired) electrons. The van der Waals surface area contributed by atoms with Crippen LogP contribution in [0.4, 0.5) is 17.3 Å². The van der Waals surface area contributed by atoms with Gasteiger partial charge in [-0.2, -0.15) is 10.2 Å². The van der Waals surface area contributed by atoms with E-state index in [1.165, 1.54) is 6.07 Å². The maximum Gasteiger partial charge on any atom is 0.276 e. The van der Waals surface area contributed by atoms with Gasteiger partial charge in [0.25, 0.3) is 11.8 Å². The number of nitrogen functional groups attached to an aromatic ring is 1. The van der Waals surface area contributed by atoms with E-state index < -0.39 is 23.9 Å². The maximum absolute atomic E-state index is 13.4. The van der Waals surface area contributed by atoms with Crippen molar-refractivity contribution in [2.24, 2.45) is 11.5 Å². The van der Waals surface area contributed by atoms with Gasteiger partial charge in [-0.3, -0.25) is 33.9 Å². The van der Waals surface area contributed by atoms with E-state index in [9.17, 15) is 19.2 Å². The average molecular weight is 695 g/mol. The lowest BCUT2D eigenvalue weighted by Gasteiger charge is -2.32. The van der Waals surface area contributed by atoms with Gasteiger partial charge in [-0.1, -0.05) is 12.2 Å². The van der Waals surface area contributed by atoms with Gasteiger partial charge in [0, 0.05) is 37.3 Å². The number of carbonyl (C=O) groups excluding carboxylic acids is 4. The summed E-state index contributed by atoms with van der Waals surface area (Å²) in [5.74, 6) is -1.66. The Morgan fingerprint density at radius 1 is 0.843 bits per heavy atom. The monoisotopic (exact) mass is 694 g/mol. The van der Waals surface area contributed by atoms with Crippen LogP contribution in [0.5, 0.6) is 0 Å². The molecule has 0 fully saturated rings. The number of nitrogens with zero attached hydrogens (tertiary/aromatic N) is 7. The summed E-state index contributed by atoms with van der Waals surface area (Å²) in [7, 11) is 0. The first-order chi connectivity index (χ1) is 24.3. The number of amides is 4. The van der Waals surface area contributed by atoms with Gasteiger partial charge in [0.05, 0.1) is 40.0 Å². The summed E-state index contributed by atoms with van der Waals surface area (Å²) in [6.45, 7) is 10.8.